The van der Waals surface area contributed by atoms with E-state index in [4.69, 9.17) is 10.5 Å². The Labute approximate surface area is 160 Å². The zero-order chi connectivity index (χ0) is 18.7. The number of rotatable bonds is 2. The molecule has 0 amide bonds. The van der Waals surface area contributed by atoms with E-state index in [1.807, 2.05) is 18.7 Å². The summed E-state index contributed by atoms with van der Waals surface area (Å²) in [5.74, 6) is -1.44. The lowest BCUT2D eigenvalue weighted by atomic mass is 10.1. The van der Waals surface area contributed by atoms with Crippen molar-refractivity contribution >= 4 is 35.0 Å². The Balaban J connectivity index is 0.00000210. The molecule has 4 rings (SSSR count). The molecule has 2 aromatic rings. The summed E-state index contributed by atoms with van der Waals surface area (Å²) in [4.78, 5) is 25.8. The Morgan fingerprint density at radius 2 is 2.07 bits per heavy atom. The minimum absolute atomic E-state index is 0. The molecule has 2 aliphatic heterocycles. The largest absolute Gasteiger partial charge is 0.487 e. The van der Waals surface area contributed by atoms with Crippen molar-refractivity contribution in [2.75, 3.05) is 24.6 Å². The number of pyridine rings is 1. The number of aromatic carboxylic acids is 1. The number of halogens is 2. The number of hydrogen-bond donors (Lipinski definition) is 2. The van der Waals surface area contributed by atoms with Crippen LogP contribution >= 0.6 is 12.4 Å². The number of aromatic nitrogens is 1. The van der Waals surface area contributed by atoms with Crippen molar-refractivity contribution in [1.29, 1.82) is 0 Å². The molecule has 1 aromatic carbocycles. The summed E-state index contributed by atoms with van der Waals surface area (Å²) < 4.78 is 22.5. The predicted octanol–water partition coefficient (Wildman–Crippen LogP) is 2.00. The Morgan fingerprint density at radius 3 is 2.67 bits per heavy atom. The molecule has 146 valence electrons. The molecule has 0 unspecified atom stereocenters. The van der Waals surface area contributed by atoms with E-state index in [1.165, 1.54) is 6.20 Å². The molecule has 27 heavy (non-hydrogen) atoms. The van der Waals surface area contributed by atoms with E-state index in [1.54, 1.807) is 4.57 Å². The lowest BCUT2D eigenvalue weighted by Gasteiger charge is -2.31. The molecule has 0 saturated carbocycles. The summed E-state index contributed by atoms with van der Waals surface area (Å²) >= 11 is 0. The molecule has 3 atom stereocenters. The number of benzene rings is 1. The van der Waals surface area contributed by atoms with Gasteiger partial charge in [0.05, 0.1) is 16.9 Å². The maximum Gasteiger partial charge on any atom is 0.341 e. The number of nitrogens with zero attached hydrogens (tertiary/aromatic N) is 2. The van der Waals surface area contributed by atoms with Crippen LogP contribution in [0.25, 0.3) is 10.9 Å². The first-order chi connectivity index (χ1) is 12.3. The molecule has 0 aliphatic carbocycles. The number of carboxylic acid groups (broad SMARTS) is 1. The first-order valence-corrected chi connectivity index (χ1v) is 8.57. The van der Waals surface area contributed by atoms with Crippen LogP contribution in [-0.4, -0.2) is 41.4 Å². The van der Waals surface area contributed by atoms with E-state index in [0.717, 1.165) is 6.07 Å². The van der Waals surface area contributed by atoms with Gasteiger partial charge in [0.2, 0.25) is 5.43 Å². The van der Waals surface area contributed by atoms with Crippen LogP contribution in [0.4, 0.5) is 10.1 Å². The van der Waals surface area contributed by atoms with Gasteiger partial charge >= 0.3 is 5.97 Å². The number of nitrogens with two attached hydrogens (primary N) is 1. The first kappa shape index (κ1) is 19.4. The number of hydrogen-bond acceptors (Lipinski definition) is 5. The highest BCUT2D eigenvalue weighted by Gasteiger charge is 2.34. The standard InChI is InChI=1S/C18H20FN3O4.ClH/c1-8-4-21(6-13(8)20)15-12(19)3-10-14-17(15)26-7-9(2)22(14)5-11(16(10)23)18(24)25;/h3,5,8-9,13H,4,6-7,20H2,1-2H3,(H,24,25);1H/t8-,9+,13+;/m1./s1. The molecular formula is C18H21ClFN3O4. The summed E-state index contributed by atoms with van der Waals surface area (Å²) in [6.45, 7) is 5.21. The highest BCUT2D eigenvalue weighted by molar-refractivity contribution is 5.97. The van der Waals surface area contributed by atoms with Crippen molar-refractivity contribution in [3.63, 3.8) is 0 Å². The van der Waals surface area contributed by atoms with Crippen LogP contribution in [0, 0.1) is 11.7 Å². The molecule has 1 aromatic heterocycles. The highest BCUT2D eigenvalue weighted by atomic mass is 35.5. The smallest absolute Gasteiger partial charge is 0.341 e. The SMILES string of the molecule is C[C@@H]1CN(c2c(F)cc3c(=O)c(C(=O)O)cn4c3c2OC[C@@H]4C)C[C@@H]1N.Cl. The summed E-state index contributed by atoms with van der Waals surface area (Å²) in [5.41, 5.74) is 5.72. The summed E-state index contributed by atoms with van der Waals surface area (Å²) in [5, 5.41) is 9.33. The molecule has 3 heterocycles. The van der Waals surface area contributed by atoms with E-state index in [-0.39, 0.29) is 53.7 Å². The van der Waals surface area contributed by atoms with E-state index >= 15 is 0 Å². The predicted molar refractivity (Wildman–Crippen MR) is 102 cm³/mol. The lowest BCUT2D eigenvalue weighted by molar-refractivity contribution is 0.0694. The third kappa shape index (κ3) is 2.83. The maximum absolute atomic E-state index is 15.0. The average molecular weight is 398 g/mol. The van der Waals surface area contributed by atoms with Gasteiger partial charge in [0.15, 0.2) is 11.6 Å². The van der Waals surface area contributed by atoms with Gasteiger partial charge in [0, 0.05) is 25.3 Å². The normalized spacial score (nSPS) is 23.9. The molecule has 1 saturated heterocycles. The van der Waals surface area contributed by atoms with Gasteiger partial charge in [0.1, 0.15) is 17.9 Å². The van der Waals surface area contributed by atoms with Crippen molar-refractivity contribution in [2.24, 2.45) is 11.7 Å². The van der Waals surface area contributed by atoms with Gasteiger partial charge in [-0.1, -0.05) is 6.92 Å². The van der Waals surface area contributed by atoms with Crippen LogP contribution in [0.5, 0.6) is 5.75 Å². The number of anilines is 1. The number of ether oxygens (including phenoxy) is 1. The van der Waals surface area contributed by atoms with E-state index in [0.29, 0.717) is 24.3 Å². The Kier molecular flexibility index (Phi) is 4.81. The monoisotopic (exact) mass is 397 g/mol. The molecule has 7 nitrogen and oxygen atoms in total. The van der Waals surface area contributed by atoms with Crippen LogP contribution < -0.4 is 20.8 Å². The Morgan fingerprint density at radius 1 is 1.37 bits per heavy atom. The van der Waals surface area contributed by atoms with Crippen molar-refractivity contribution in [3.8, 4) is 5.75 Å². The minimum atomic E-state index is -1.33. The minimum Gasteiger partial charge on any atom is -0.487 e. The first-order valence-electron chi connectivity index (χ1n) is 8.57. The average Bonchev–Trinajstić information content (AvgIpc) is 2.90. The molecule has 3 N–H and O–H groups in total. The van der Waals surface area contributed by atoms with Crippen molar-refractivity contribution in [2.45, 2.75) is 25.9 Å². The van der Waals surface area contributed by atoms with Gasteiger partial charge in [-0.05, 0) is 18.9 Å². The second-order valence-electron chi connectivity index (χ2n) is 7.22. The molecule has 0 bridgehead atoms. The van der Waals surface area contributed by atoms with E-state index < -0.39 is 17.2 Å². The molecule has 1 fully saturated rings. The topological polar surface area (TPSA) is 97.8 Å². The third-order valence-electron chi connectivity index (χ3n) is 5.36. The quantitative estimate of drug-likeness (QED) is 0.804. The summed E-state index contributed by atoms with van der Waals surface area (Å²) in [7, 11) is 0. The van der Waals surface area contributed by atoms with E-state index in [2.05, 4.69) is 0 Å². The Bertz CT molecular complexity index is 983. The number of carboxylic acids is 1. The lowest BCUT2D eigenvalue weighted by Crippen LogP contribution is -2.31. The maximum atomic E-state index is 15.0. The summed E-state index contributed by atoms with van der Waals surface area (Å²) in [6.07, 6.45) is 1.32. The van der Waals surface area contributed by atoms with E-state index in [9.17, 15) is 19.1 Å². The fourth-order valence-corrected chi connectivity index (χ4v) is 3.83. The highest BCUT2D eigenvalue weighted by Crippen LogP contribution is 2.43. The van der Waals surface area contributed by atoms with Crippen LogP contribution in [0.2, 0.25) is 0 Å². The zero-order valence-electron chi connectivity index (χ0n) is 14.9. The fraction of sp³-hybridized carbons (Fsp3) is 0.444. The second kappa shape index (κ2) is 6.69. The van der Waals surface area contributed by atoms with Crippen LogP contribution in [-0.2, 0) is 0 Å². The molecule has 9 heteroatoms. The summed E-state index contributed by atoms with van der Waals surface area (Å²) in [6, 6.07) is 0.869. The van der Waals surface area contributed by atoms with Gasteiger partial charge in [-0.15, -0.1) is 12.4 Å². The third-order valence-corrected chi connectivity index (χ3v) is 5.36. The van der Waals surface area contributed by atoms with Gasteiger partial charge in [-0.2, -0.15) is 0 Å². The van der Waals surface area contributed by atoms with Crippen molar-refractivity contribution < 1.29 is 19.0 Å². The molecular weight excluding hydrogens is 377 g/mol. The van der Waals surface area contributed by atoms with Crippen LogP contribution in [0.15, 0.2) is 17.1 Å². The van der Waals surface area contributed by atoms with Crippen molar-refractivity contribution in [1.82, 2.24) is 4.57 Å². The molecule has 0 radical (unpaired) electrons. The van der Waals surface area contributed by atoms with Gasteiger partial charge in [-0.3, -0.25) is 4.79 Å². The molecule has 2 aliphatic rings. The Hall–Kier alpha value is -2.32. The van der Waals surface area contributed by atoms with Crippen LogP contribution in [0.3, 0.4) is 0 Å². The second-order valence-corrected chi connectivity index (χ2v) is 7.22. The van der Waals surface area contributed by atoms with Gasteiger partial charge in [-0.25, -0.2) is 9.18 Å². The van der Waals surface area contributed by atoms with Gasteiger partial charge in [0.25, 0.3) is 0 Å². The van der Waals surface area contributed by atoms with Crippen molar-refractivity contribution in [3.05, 3.63) is 33.9 Å². The van der Waals surface area contributed by atoms with Gasteiger partial charge < -0.3 is 25.0 Å². The number of carbonyl (C=O) groups is 1. The fourth-order valence-electron chi connectivity index (χ4n) is 3.83. The molecule has 0 spiro atoms. The van der Waals surface area contributed by atoms with Crippen LogP contribution in [0.1, 0.15) is 30.2 Å². The zero-order valence-corrected chi connectivity index (χ0v) is 15.8.